The Bertz CT molecular complexity index is 931. The van der Waals surface area contributed by atoms with Crippen molar-refractivity contribution in [2.24, 2.45) is 5.10 Å². The van der Waals surface area contributed by atoms with E-state index in [1.807, 2.05) is 54.1 Å². The fraction of sp³-hybridized carbons (Fsp3) is 0.294. The lowest BCUT2D eigenvalue weighted by Crippen LogP contribution is -2.13. The number of pyridine rings is 1. The third-order valence-corrected chi connectivity index (χ3v) is 4.29. The van der Waals surface area contributed by atoms with Crippen molar-refractivity contribution in [3.8, 4) is 0 Å². The van der Waals surface area contributed by atoms with Crippen LogP contribution in [0.3, 0.4) is 0 Å². The number of fused-ring (bicyclic) bond motifs is 1. The van der Waals surface area contributed by atoms with E-state index in [0.29, 0.717) is 11.6 Å². The molecule has 0 aliphatic carbocycles. The lowest BCUT2D eigenvalue weighted by atomic mass is 10.1. The van der Waals surface area contributed by atoms with E-state index in [1.165, 1.54) is 0 Å². The van der Waals surface area contributed by atoms with Gasteiger partial charge in [-0.15, -0.1) is 0 Å². The first kappa shape index (κ1) is 15.4. The number of nitrogens with zero attached hydrogens (tertiary/aromatic N) is 7. The molecule has 2 atom stereocenters. The minimum atomic E-state index is -0.0985. The first-order chi connectivity index (χ1) is 12.1. The van der Waals surface area contributed by atoms with Crippen molar-refractivity contribution in [1.82, 2.24) is 24.4 Å². The first-order valence-corrected chi connectivity index (χ1v) is 8.11. The molecule has 0 fully saturated rings. The minimum absolute atomic E-state index is 0.0985. The second-order valence-corrected chi connectivity index (χ2v) is 6.18. The Balaban J connectivity index is 1.57. The normalized spacial score (nSPS) is 18.0. The molecule has 0 amide bonds. The molecule has 1 aliphatic heterocycles. The largest absolute Gasteiger partial charge is 0.455 e. The van der Waals surface area contributed by atoms with Gasteiger partial charge in [-0.1, -0.05) is 13.0 Å². The molecule has 0 saturated carbocycles. The fourth-order valence-electron chi connectivity index (χ4n) is 2.86. The van der Waals surface area contributed by atoms with Crippen molar-refractivity contribution in [2.75, 3.05) is 19.3 Å². The van der Waals surface area contributed by atoms with Gasteiger partial charge in [0.1, 0.15) is 11.5 Å². The Labute approximate surface area is 145 Å². The lowest BCUT2D eigenvalue weighted by Gasteiger charge is -2.25. The number of imidazole rings is 1. The standard InChI is InChI=1S/C17H19N8/c1-11(12-3-4-15-19-5-6-25(15)10-12)22-17-16(18)20-8-14(23-17)13-7-21-24(2)9-13/h3-8,10-11,13H,9H2,1-2H3,(H2-,18,20,22,23)/q-1/t11-,13?/m0/s1. The predicted molar refractivity (Wildman–Crippen MR) is 96.9 cm³/mol. The minimum Gasteiger partial charge on any atom is -0.455 e. The SMILES string of the molecule is C[C@H]([N-]c1nc(C2C=NN(C)C2)cnc1N)c1ccc2nccn2c1. The second kappa shape index (κ2) is 6.04. The number of nitrogens with two attached hydrogens (primary N) is 1. The van der Waals surface area contributed by atoms with Gasteiger partial charge >= 0.3 is 0 Å². The Hall–Kier alpha value is -3.16. The molecule has 0 spiro atoms. The zero-order chi connectivity index (χ0) is 17.4. The van der Waals surface area contributed by atoms with Gasteiger partial charge in [-0.25, -0.2) is 9.97 Å². The number of aromatic nitrogens is 4. The third-order valence-electron chi connectivity index (χ3n) is 4.29. The highest BCUT2D eigenvalue weighted by Crippen LogP contribution is 2.33. The summed E-state index contributed by atoms with van der Waals surface area (Å²) in [6, 6.07) is 3.89. The van der Waals surface area contributed by atoms with E-state index < -0.39 is 0 Å². The van der Waals surface area contributed by atoms with Crippen molar-refractivity contribution < 1.29 is 0 Å². The summed E-state index contributed by atoms with van der Waals surface area (Å²) in [6.07, 6.45) is 9.28. The Morgan fingerprint density at radius 1 is 1.32 bits per heavy atom. The second-order valence-electron chi connectivity index (χ2n) is 6.18. The van der Waals surface area contributed by atoms with E-state index in [1.54, 1.807) is 12.4 Å². The first-order valence-electron chi connectivity index (χ1n) is 8.11. The van der Waals surface area contributed by atoms with Crippen LogP contribution in [0.4, 0.5) is 11.6 Å². The molecule has 0 aromatic carbocycles. The van der Waals surface area contributed by atoms with Crippen LogP contribution in [0, 0.1) is 0 Å². The van der Waals surface area contributed by atoms with Gasteiger partial charge in [0.05, 0.1) is 0 Å². The van der Waals surface area contributed by atoms with Crippen molar-refractivity contribution in [2.45, 2.75) is 18.9 Å². The van der Waals surface area contributed by atoms with Crippen molar-refractivity contribution >= 4 is 23.5 Å². The zero-order valence-corrected chi connectivity index (χ0v) is 14.1. The summed E-state index contributed by atoms with van der Waals surface area (Å²) in [4.78, 5) is 13.1. The molecule has 4 heterocycles. The maximum Gasteiger partial charge on any atom is 0.136 e. The summed E-state index contributed by atoms with van der Waals surface area (Å²) in [6.45, 7) is 2.79. The van der Waals surface area contributed by atoms with Crippen LogP contribution in [-0.2, 0) is 0 Å². The van der Waals surface area contributed by atoms with Gasteiger partial charge in [0, 0.05) is 50.5 Å². The van der Waals surface area contributed by atoms with E-state index in [-0.39, 0.29) is 12.0 Å². The Morgan fingerprint density at radius 3 is 3.00 bits per heavy atom. The number of rotatable bonds is 4. The van der Waals surface area contributed by atoms with Gasteiger partial charge in [0.25, 0.3) is 0 Å². The highest BCUT2D eigenvalue weighted by atomic mass is 15.4. The van der Waals surface area contributed by atoms with E-state index in [2.05, 4.69) is 25.4 Å². The summed E-state index contributed by atoms with van der Waals surface area (Å²) in [5, 5.41) is 10.8. The summed E-state index contributed by atoms with van der Waals surface area (Å²) >= 11 is 0. The lowest BCUT2D eigenvalue weighted by molar-refractivity contribution is 0.380. The highest BCUT2D eigenvalue weighted by molar-refractivity contribution is 5.70. The quantitative estimate of drug-likeness (QED) is 0.789. The Kier molecular flexibility index (Phi) is 3.72. The summed E-state index contributed by atoms with van der Waals surface area (Å²) < 4.78 is 1.97. The van der Waals surface area contributed by atoms with Gasteiger partial charge in [-0.05, 0) is 29.2 Å². The summed E-state index contributed by atoms with van der Waals surface area (Å²) in [5.41, 5.74) is 8.78. The number of hydrogen-bond acceptors (Lipinski definition) is 6. The molecule has 0 bridgehead atoms. The zero-order valence-electron chi connectivity index (χ0n) is 14.1. The monoisotopic (exact) mass is 335 g/mol. The Morgan fingerprint density at radius 2 is 2.20 bits per heavy atom. The molecule has 0 saturated heterocycles. The van der Waals surface area contributed by atoms with Crippen LogP contribution in [0.5, 0.6) is 0 Å². The molecule has 0 radical (unpaired) electrons. The van der Waals surface area contributed by atoms with Crippen LogP contribution in [0.1, 0.15) is 30.1 Å². The average molecular weight is 335 g/mol. The van der Waals surface area contributed by atoms with Crippen LogP contribution >= 0.6 is 0 Å². The molecule has 25 heavy (non-hydrogen) atoms. The smallest absolute Gasteiger partial charge is 0.136 e. The molecule has 2 N–H and O–H groups in total. The van der Waals surface area contributed by atoms with Gasteiger partial charge in [-0.3, -0.25) is 5.01 Å². The van der Waals surface area contributed by atoms with E-state index in [9.17, 15) is 0 Å². The van der Waals surface area contributed by atoms with Crippen LogP contribution < -0.4 is 5.73 Å². The molecular weight excluding hydrogens is 316 g/mol. The topological polar surface area (TPSA) is 98.8 Å². The highest BCUT2D eigenvalue weighted by Gasteiger charge is 2.16. The van der Waals surface area contributed by atoms with Gasteiger partial charge in [0.2, 0.25) is 0 Å². The maximum absolute atomic E-state index is 5.99. The van der Waals surface area contributed by atoms with Crippen molar-refractivity contribution in [3.63, 3.8) is 0 Å². The molecule has 1 unspecified atom stereocenters. The molecule has 4 rings (SSSR count). The number of hydrogen-bond donors (Lipinski definition) is 1. The maximum atomic E-state index is 5.99. The molecule has 1 aliphatic rings. The molecule has 3 aromatic heterocycles. The van der Waals surface area contributed by atoms with Gasteiger partial charge < -0.3 is 20.4 Å². The fourth-order valence-corrected chi connectivity index (χ4v) is 2.86. The van der Waals surface area contributed by atoms with Crippen LogP contribution in [0.2, 0.25) is 0 Å². The molecule has 3 aromatic rings. The predicted octanol–water partition coefficient (Wildman–Crippen LogP) is 2.49. The van der Waals surface area contributed by atoms with E-state index in [0.717, 1.165) is 23.4 Å². The molecular formula is C17H19N8-. The summed E-state index contributed by atoms with van der Waals surface area (Å²) in [5.74, 6) is 0.922. The third kappa shape index (κ3) is 2.98. The number of hydrazone groups is 1. The van der Waals surface area contributed by atoms with Crippen molar-refractivity contribution in [1.29, 1.82) is 0 Å². The number of likely N-dealkylation sites (N-methyl/N-ethyl adjacent to an activating group) is 1. The molecule has 128 valence electrons. The van der Waals surface area contributed by atoms with E-state index in [4.69, 9.17) is 5.73 Å². The van der Waals surface area contributed by atoms with Crippen LogP contribution in [0.25, 0.3) is 11.0 Å². The number of nitrogen functional groups attached to an aromatic ring is 1. The van der Waals surface area contributed by atoms with Crippen molar-refractivity contribution in [3.05, 3.63) is 53.5 Å². The molecule has 8 heteroatoms. The molecule has 8 nitrogen and oxygen atoms in total. The summed E-state index contributed by atoms with van der Waals surface area (Å²) in [7, 11) is 1.93. The average Bonchev–Trinajstić information content (AvgIpc) is 3.24. The number of anilines is 1. The van der Waals surface area contributed by atoms with Gasteiger partial charge in [0.15, 0.2) is 0 Å². The van der Waals surface area contributed by atoms with E-state index >= 15 is 0 Å². The van der Waals surface area contributed by atoms with Gasteiger partial charge in [-0.2, -0.15) is 5.10 Å². The van der Waals surface area contributed by atoms with Crippen LogP contribution in [0.15, 0.2) is 42.0 Å². The van der Waals surface area contributed by atoms with Crippen LogP contribution in [-0.4, -0.2) is 44.2 Å².